The minimum absolute atomic E-state index is 0.0592. The zero-order chi connectivity index (χ0) is 15.0. The summed E-state index contributed by atoms with van der Waals surface area (Å²) in [5.74, 6) is 0.475. The van der Waals surface area contributed by atoms with Gasteiger partial charge in [0.05, 0.1) is 4.90 Å². The zero-order valence-electron chi connectivity index (χ0n) is 12.1. The second kappa shape index (κ2) is 5.66. The third kappa shape index (κ3) is 3.81. The molecule has 0 aromatic heterocycles. The maximum Gasteiger partial charge on any atom is 0.241 e. The lowest BCUT2D eigenvalue weighted by Gasteiger charge is -2.12. The molecule has 1 aromatic rings. The fourth-order valence-electron chi connectivity index (χ4n) is 2.44. The highest BCUT2D eigenvalue weighted by molar-refractivity contribution is 7.89. The summed E-state index contributed by atoms with van der Waals surface area (Å²) in [6.07, 6.45) is 3.31. The highest BCUT2D eigenvalue weighted by atomic mass is 32.2. The number of benzene rings is 1. The van der Waals surface area contributed by atoms with Crippen LogP contribution in [0.1, 0.15) is 31.7 Å². The molecule has 0 amide bonds. The van der Waals surface area contributed by atoms with Crippen molar-refractivity contribution < 1.29 is 12.8 Å². The number of hydrogen-bond acceptors (Lipinski definition) is 3. The van der Waals surface area contributed by atoms with Gasteiger partial charge < -0.3 is 5.32 Å². The molecule has 116 valence electrons. The molecule has 0 bridgehead atoms. The van der Waals surface area contributed by atoms with Crippen LogP contribution in [-0.4, -0.2) is 21.0 Å². The molecular formula is C15H21FN2O2S. The Kier molecular flexibility index (Phi) is 4.03. The molecule has 3 rings (SSSR count). The Balaban J connectivity index is 1.75. The van der Waals surface area contributed by atoms with Crippen molar-refractivity contribution in [3.8, 4) is 0 Å². The summed E-state index contributed by atoms with van der Waals surface area (Å²) in [5.41, 5.74) is 0.625. The number of sulfonamides is 1. The van der Waals surface area contributed by atoms with Crippen molar-refractivity contribution in [2.24, 2.45) is 11.8 Å². The van der Waals surface area contributed by atoms with E-state index in [9.17, 15) is 12.8 Å². The summed E-state index contributed by atoms with van der Waals surface area (Å²) in [6, 6.07) is 4.46. The minimum atomic E-state index is -3.65. The van der Waals surface area contributed by atoms with Gasteiger partial charge in [-0.25, -0.2) is 17.5 Å². The molecule has 0 aliphatic heterocycles. The first-order valence-corrected chi connectivity index (χ1v) is 8.95. The predicted octanol–water partition coefficient (Wildman–Crippen LogP) is 2.01. The quantitative estimate of drug-likeness (QED) is 0.810. The van der Waals surface area contributed by atoms with E-state index in [0.717, 1.165) is 25.3 Å². The van der Waals surface area contributed by atoms with Gasteiger partial charge >= 0.3 is 0 Å². The van der Waals surface area contributed by atoms with Gasteiger partial charge in [0.15, 0.2) is 0 Å². The molecule has 2 aliphatic rings. The van der Waals surface area contributed by atoms with Crippen molar-refractivity contribution in [3.05, 3.63) is 29.6 Å². The normalized spacial score (nSPS) is 25.0. The van der Waals surface area contributed by atoms with Gasteiger partial charge in [-0.1, -0.05) is 13.0 Å². The largest absolute Gasteiger partial charge is 0.310 e. The Bertz CT molecular complexity index is 629. The first-order valence-electron chi connectivity index (χ1n) is 7.47. The molecule has 1 aromatic carbocycles. The third-order valence-corrected chi connectivity index (χ3v) is 5.79. The number of hydrogen-bond donors (Lipinski definition) is 2. The summed E-state index contributed by atoms with van der Waals surface area (Å²) < 4.78 is 40.9. The van der Waals surface area contributed by atoms with Crippen LogP contribution in [0.15, 0.2) is 23.1 Å². The second-order valence-electron chi connectivity index (χ2n) is 6.23. The average Bonchev–Trinajstić information content (AvgIpc) is 3.33. The topological polar surface area (TPSA) is 58.2 Å². The highest BCUT2D eigenvalue weighted by Crippen LogP contribution is 2.37. The van der Waals surface area contributed by atoms with Gasteiger partial charge in [0, 0.05) is 19.1 Å². The van der Waals surface area contributed by atoms with Gasteiger partial charge in [-0.15, -0.1) is 0 Å². The standard InChI is InChI=1S/C15H21FN2O2S/c1-10-6-12(10)9-18-21(19,20)15-7-13(16)3-2-11(15)8-17-14-4-5-14/h2-3,7,10,12,14,17-18H,4-6,8-9H2,1H3. The Hall–Kier alpha value is -0.980. The number of nitrogens with one attached hydrogen (secondary N) is 2. The van der Waals surface area contributed by atoms with E-state index in [2.05, 4.69) is 17.0 Å². The van der Waals surface area contributed by atoms with Crippen LogP contribution in [0.4, 0.5) is 4.39 Å². The van der Waals surface area contributed by atoms with Gasteiger partial charge in [0.25, 0.3) is 0 Å². The summed E-state index contributed by atoms with van der Waals surface area (Å²) in [6.45, 7) is 3.00. The molecule has 2 saturated carbocycles. The molecule has 0 radical (unpaired) electrons. The molecule has 0 heterocycles. The predicted molar refractivity (Wildman–Crippen MR) is 78.7 cm³/mol. The summed E-state index contributed by atoms with van der Waals surface area (Å²) in [5, 5.41) is 3.27. The molecule has 2 atom stereocenters. The Morgan fingerprint density at radius 3 is 2.67 bits per heavy atom. The SMILES string of the molecule is CC1CC1CNS(=O)(=O)c1cc(F)ccc1CNC1CC1. The summed E-state index contributed by atoms with van der Waals surface area (Å²) in [4.78, 5) is 0.0592. The number of halogens is 1. The van der Waals surface area contributed by atoms with Crippen LogP contribution in [0.2, 0.25) is 0 Å². The smallest absolute Gasteiger partial charge is 0.241 e. The van der Waals surface area contributed by atoms with Crippen LogP contribution >= 0.6 is 0 Å². The van der Waals surface area contributed by atoms with Crippen LogP contribution in [0.3, 0.4) is 0 Å². The van der Waals surface area contributed by atoms with E-state index in [1.807, 2.05) is 0 Å². The first kappa shape index (κ1) is 14.9. The maximum absolute atomic E-state index is 13.4. The maximum atomic E-state index is 13.4. The third-order valence-electron chi connectivity index (χ3n) is 4.29. The molecule has 2 aliphatic carbocycles. The van der Waals surface area contributed by atoms with Crippen molar-refractivity contribution in [1.29, 1.82) is 0 Å². The van der Waals surface area contributed by atoms with Crippen LogP contribution in [-0.2, 0) is 16.6 Å². The molecule has 0 saturated heterocycles. The molecule has 4 nitrogen and oxygen atoms in total. The van der Waals surface area contributed by atoms with Gasteiger partial charge in [-0.05, 0) is 48.8 Å². The fourth-order valence-corrected chi connectivity index (χ4v) is 3.79. The van der Waals surface area contributed by atoms with E-state index in [1.165, 1.54) is 6.07 Å². The van der Waals surface area contributed by atoms with Crippen molar-refractivity contribution in [2.45, 2.75) is 43.7 Å². The fraction of sp³-hybridized carbons (Fsp3) is 0.600. The zero-order valence-corrected chi connectivity index (χ0v) is 12.9. The van der Waals surface area contributed by atoms with Crippen molar-refractivity contribution >= 4 is 10.0 Å². The number of rotatable bonds is 7. The van der Waals surface area contributed by atoms with Gasteiger partial charge in [-0.3, -0.25) is 0 Å². The van der Waals surface area contributed by atoms with E-state index >= 15 is 0 Å². The van der Waals surface area contributed by atoms with Crippen molar-refractivity contribution in [3.63, 3.8) is 0 Å². The monoisotopic (exact) mass is 312 g/mol. The molecule has 21 heavy (non-hydrogen) atoms. The van der Waals surface area contributed by atoms with Crippen LogP contribution in [0, 0.1) is 17.7 Å². The highest BCUT2D eigenvalue weighted by Gasteiger charge is 2.33. The Morgan fingerprint density at radius 2 is 2.05 bits per heavy atom. The second-order valence-corrected chi connectivity index (χ2v) is 7.97. The Morgan fingerprint density at radius 1 is 1.33 bits per heavy atom. The van der Waals surface area contributed by atoms with Crippen LogP contribution in [0.5, 0.6) is 0 Å². The molecule has 0 spiro atoms. The van der Waals surface area contributed by atoms with E-state index in [4.69, 9.17) is 0 Å². The van der Waals surface area contributed by atoms with Crippen LogP contribution < -0.4 is 10.0 Å². The van der Waals surface area contributed by atoms with E-state index in [0.29, 0.717) is 36.5 Å². The summed E-state index contributed by atoms with van der Waals surface area (Å²) >= 11 is 0. The van der Waals surface area contributed by atoms with Crippen LogP contribution in [0.25, 0.3) is 0 Å². The Labute approximate surface area is 125 Å². The van der Waals surface area contributed by atoms with E-state index in [-0.39, 0.29) is 4.90 Å². The molecule has 6 heteroatoms. The molecule has 2 unspecified atom stereocenters. The van der Waals surface area contributed by atoms with Crippen molar-refractivity contribution in [2.75, 3.05) is 6.54 Å². The summed E-state index contributed by atoms with van der Waals surface area (Å²) in [7, 11) is -3.65. The van der Waals surface area contributed by atoms with Gasteiger partial charge in [0.1, 0.15) is 5.82 Å². The lowest BCUT2D eigenvalue weighted by atomic mass is 10.2. The minimum Gasteiger partial charge on any atom is -0.310 e. The molecule has 2 fully saturated rings. The van der Waals surface area contributed by atoms with Crippen molar-refractivity contribution in [1.82, 2.24) is 10.0 Å². The van der Waals surface area contributed by atoms with Gasteiger partial charge in [-0.2, -0.15) is 0 Å². The lowest BCUT2D eigenvalue weighted by Crippen LogP contribution is -2.28. The van der Waals surface area contributed by atoms with E-state index in [1.54, 1.807) is 6.07 Å². The molecule has 2 N–H and O–H groups in total. The first-order chi connectivity index (χ1) is 9.95. The van der Waals surface area contributed by atoms with Gasteiger partial charge in [0.2, 0.25) is 10.0 Å². The lowest BCUT2D eigenvalue weighted by molar-refractivity contribution is 0.567. The van der Waals surface area contributed by atoms with E-state index < -0.39 is 15.8 Å². The average molecular weight is 312 g/mol. The molecular weight excluding hydrogens is 291 g/mol.